The summed E-state index contributed by atoms with van der Waals surface area (Å²) in [6, 6.07) is 58.6. The van der Waals surface area contributed by atoms with Crippen LogP contribution in [0.1, 0.15) is 47.2 Å². The van der Waals surface area contributed by atoms with Gasteiger partial charge >= 0.3 is 0 Å². The van der Waals surface area contributed by atoms with Gasteiger partial charge < -0.3 is 0 Å². The van der Waals surface area contributed by atoms with E-state index in [1.165, 1.54) is 50.1 Å². The quantitative estimate of drug-likeness (QED) is 0.188. The van der Waals surface area contributed by atoms with Gasteiger partial charge in [0.2, 0.25) is 0 Å². The molecule has 2 aliphatic carbocycles. The van der Waals surface area contributed by atoms with E-state index in [1.807, 2.05) is 48.5 Å². The Balaban J connectivity index is 1.23. The summed E-state index contributed by atoms with van der Waals surface area (Å²) in [6.45, 7) is 4.73. The smallest absolute Gasteiger partial charge is 0.182 e. The molecular weight excluding hydrogens is 633 g/mol. The molecule has 0 aliphatic heterocycles. The molecule has 2 heterocycles. The molecule has 246 valence electrons. The van der Waals surface area contributed by atoms with Crippen molar-refractivity contribution >= 4 is 0 Å². The van der Waals surface area contributed by atoms with Gasteiger partial charge in [-0.05, 0) is 73.8 Å². The van der Waals surface area contributed by atoms with E-state index in [4.69, 9.17) is 15.0 Å². The SMILES string of the molecule is CC1(C)c2ccccc2C2(c3ccccc3-c3cccc(-c4cccc(-c5nc(-c6ccccc6)nc(-c6ccccn6)n5)c4)c32)c2ccccc21. The Kier molecular flexibility index (Phi) is 6.71. The highest BCUT2D eigenvalue weighted by Crippen LogP contribution is 2.63. The van der Waals surface area contributed by atoms with Crippen LogP contribution in [-0.4, -0.2) is 19.9 Å². The minimum absolute atomic E-state index is 0.161. The van der Waals surface area contributed by atoms with Crippen LogP contribution in [0.15, 0.2) is 170 Å². The molecule has 0 N–H and O–H groups in total. The van der Waals surface area contributed by atoms with E-state index in [2.05, 4.69) is 134 Å². The zero-order valence-corrected chi connectivity index (χ0v) is 29.0. The predicted molar refractivity (Wildman–Crippen MR) is 209 cm³/mol. The highest BCUT2D eigenvalue weighted by atomic mass is 15.0. The summed E-state index contributed by atoms with van der Waals surface area (Å²) in [4.78, 5) is 19.5. The lowest BCUT2D eigenvalue weighted by Gasteiger charge is -2.47. The molecule has 4 nitrogen and oxygen atoms in total. The van der Waals surface area contributed by atoms with Crippen molar-refractivity contribution in [2.45, 2.75) is 24.7 Å². The first-order chi connectivity index (χ1) is 25.5. The van der Waals surface area contributed by atoms with Gasteiger partial charge in [-0.3, -0.25) is 4.98 Å². The van der Waals surface area contributed by atoms with Crippen molar-refractivity contribution in [3.05, 3.63) is 203 Å². The highest BCUT2D eigenvalue weighted by Gasteiger charge is 2.54. The first-order valence-electron chi connectivity index (χ1n) is 17.8. The highest BCUT2D eigenvalue weighted by molar-refractivity contribution is 5.94. The molecule has 4 heteroatoms. The van der Waals surface area contributed by atoms with E-state index < -0.39 is 5.41 Å². The number of hydrogen-bond donors (Lipinski definition) is 0. The molecule has 2 aromatic heterocycles. The van der Waals surface area contributed by atoms with Gasteiger partial charge in [-0.25, -0.2) is 15.0 Å². The Morgan fingerprint density at radius 2 is 0.904 bits per heavy atom. The van der Waals surface area contributed by atoms with Gasteiger partial charge in [0, 0.05) is 22.7 Å². The summed E-state index contributed by atoms with van der Waals surface area (Å²) >= 11 is 0. The molecule has 0 saturated heterocycles. The number of rotatable bonds is 4. The minimum Gasteiger partial charge on any atom is -0.253 e. The lowest BCUT2D eigenvalue weighted by molar-refractivity contribution is 0.563. The maximum absolute atomic E-state index is 5.05. The molecule has 0 radical (unpaired) electrons. The molecule has 0 atom stereocenters. The third kappa shape index (κ3) is 4.34. The Labute approximate surface area is 303 Å². The van der Waals surface area contributed by atoms with Crippen molar-refractivity contribution in [2.24, 2.45) is 0 Å². The number of aromatic nitrogens is 4. The van der Waals surface area contributed by atoms with Gasteiger partial charge in [0.1, 0.15) is 5.69 Å². The van der Waals surface area contributed by atoms with E-state index in [-0.39, 0.29) is 5.41 Å². The molecule has 0 bridgehead atoms. The monoisotopic (exact) mass is 666 g/mol. The van der Waals surface area contributed by atoms with Crippen LogP contribution in [0.3, 0.4) is 0 Å². The summed E-state index contributed by atoms with van der Waals surface area (Å²) in [5.74, 6) is 1.77. The Hall–Kier alpha value is -6.52. The van der Waals surface area contributed by atoms with Gasteiger partial charge in [-0.15, -0.1) is 0 Å². The van der Waals surface area contributed by atoms with Crippen molar-refractivity contribution in [1.82, 2.24) is 19.9 Å². The van der Waals surface area contributed by atoms with Crippen molar-refractivity contribution in [1.29, 1.82) is 0 Å². The summed E-state index contributed by atoms with van der Waals surface area (Å²) in [5.41, 5.74) is 14.8. The van der Waals surface area contributed by atoms with Crippen LogP contribution in [0.2, 0.25) is 0 Å². The Morgan fingerprint density at radius 1 is 0.385 bits per heavy atom. The summed E-state index contributed by atoms with van der Waals surface area (Å²) < 4.78 is 0. The standard InChI is InChI=1S/C48H34N4/c1-47(2)38-24-8-10-26-40(38)48(41-27-11-9-25-39(41)47)37-23-7-6-20-35(37)36-22-15-21-34(43(36)48)32-18-14-19-33(30-32)45-50-44(31-16-4-3-5-17-31)51-46(52-45)42-28-12-13-29-49-42/h3-30H,1-2H3. The lowest BCUT2D eigenvalue weighted by Crippen LogP contribution is -2.40. The zero-order valence-electron chi connectivity index (χ0n) is 29.0. The second kappa shape index (κ2) is 11.5. The van der Waals surface area contributed by atoms with Gasteiger partial charge in [0.15, 0.2) is 17.5 Å². The minimum atomic E-state index is -0.499. The molecular formula is C48H34N4. The van der Waals surface area contributed by atoms with Crippen LogP contribution in [0.5, 0.6) is 0 Å². The maximum Gasteiger partial charge on any atom is 0.182 e. The average molecular weight is 667 g/mol. The predicted octanol–water partition coefficient (Wildman–Crippen LogP) is 10.9. The van der Waals surface area contributed by atoms with Gasteiger partial charge in [0.05, 0.1) is 5.41 Å². The van der Waals surface area contributed by atoms with Crippen molar-refractivity contribution in [2.75, 3.05) is 0 Å². The van der Waals surface area contributed by atoms with Gasteiger partial charge in [0.25, 0.3) is 0 Å². The van der Waals surface area contributed by atoms with Crippen molar-refractivity contribution in [3.8, 4) is 56.5 Å². The van der Waals surface area contributed by atoms with Gasteiger partial charge in [-0.2, -0.15) is 0 Å². The molecule has 8 aromatic rings. The fraction of sp³-hybridized carbons (Fsp3) is 0.0833. The fourth-order valence-electron chi connectivity index (χ4n) is 8.82. The van der Waals surface area contributed by atoms with Crippen LogP contribution < -0.4 is 0 Å². The second-order valence-corrected chi connectivity index (χ2v) is 14.2. The first kappa shape index (κ1) is 30.3. The lowest BCUT2D eigenvalue weighted by atomic mass is 9.55. The van der Waals surface area contributed by atoms with Crippen LogP contribution >= 0.6 is 0 Å². The second-order valence-electron chi connectivity index (χ2n) is 14.2. The molecule has 6 aromatic carbocycles. The van der Waals surface area contributed by atoms with Crippen molar-refractivity contribution < 1.29 is 0 Å². The zero-order chi connectivity index (χ0) is 34.9. The molecule has 0 saturated carbocycles. The fourth-order valence-corrected chi connectivity index (χ4v) is 8.82. The maximum atomic E-state index is 5.05. The number of nitrogens with zero attached hydrogens (tertiary/aromatic N) is 4. The molecule has 52 heavy (non-hydrogen) atoms. The first-order valence-corrected chi connectivity index (χ1v) is 17.8. The van der Waals surface area contributed by atoms with E-state index >= 15 is 0 Å². The molecule has 10 rings (SSSR count). The van der Waals surface area contributed by atoms with Gasteiger partial charge in [-0.1, -0.05) is 159 Å². The molecule has 0 amide bonds. The average Bonchev–Trinajstić information content (AvgIpc) is 3.52. The summed E-state index contributed by atoms with van der Waals surface area (Å²) in [6.07, 6.45) is 1.77. The summed E-state index contributed by atoms with van der Waals surface area (Å²) in [5, 5.41) is 0. The normalized spacial score (nSPS) is 14.3. The van der Waals surface area contributed by atoms with Crippen LogP contribution in [0.4, 0.5) is 0 Å². The molecule has 1 spiro atoms. The van der Waals surface area contributed by atoms with Crippen LogP contribution in [-0.2, 0) is 10.8 Å². The number of hydrogen-bond acceptors (Lipinski definition) is 4. The third-order valence-corrected chi connectivity index (χ3v) is 11.1. The Morgan fingerprint density at radius 3 is 1.62 bits per heavy atom. The van der Waals surface area contributed by atoms with E-state index in [1.54, 1.807) is 6.20 Å². The summed E-state index contributed by atoms with van der Waals surface area (Å²) in [7, 11) is 0. The van der Waals surface area contributed by atoms with Crippen LogP contribution in [0.25, 0.3) is 56.5 Å². The number of pyridine rings is 1. The molecule has 0 fully saturated rings. The van der Waals surface area contributed by atoms with E-state index in [9.17, 15) is 0 Å². The number of fused-ring (bicyclic) bond motifs is 9. The number of benzene rings is 6. The van der Waals surface area contributed by atoms with E-state index in [0.29, 0.717) is 23.2 Å². The third-order valence-electron chi connectivity index (χ3n) is 11.1. The van der Waals surface area contributed by atoms with E-state index in [0.717, 1.165) is 16.7 Å². The Bertz CT molecular complexity index is 2550. The van der Waals surface area contributed by atoms with Crippen LogP contribution in [0, 0.1) is 0 Å². The molecule has 0 unspecified atom stereocenters. The molecule has 2 aliphatic rings. The topological polar surface area (TPSA) is 51.6 Å². The largest absolute Gasteiger partial charge is 0.253 e. The van der Waals surface area contributed by atoms with Crippen molar-refractivity contribution in [3.63, 3.8) is 0 Å².